The first-order valence-corrected chi connectivity index (χ1v) is 6.18. The summed E-state index contributed by atoms with van der Waals surface area (Å²) in [7, 11) is 0. The van der Waals surface area contributed by atoms with Crippen molar-refractivity contribution in [2.75, 3.05) is 6.61 Å². The summed E-state index contributed by atoms with van der Waals surface area (Å²) in [5.41, 5.74) is 0. The molecule has 0 aromatic rings. The number of halogens is 1. The summed E-state index contributed by atoms with van der Waals surface area (Å²) in [5, 5.41) is -0.393. The molecular weight excluding hydrogens is 212 g/mol. The van der Waals surface area contributed by atoms with Crippen molar-refractivity contribution < 1.29 is 9.53 Å². The monoisotopic (exact) mass is 232 g/mol. The van der Waals surface area contributed by atoms with Crippen LogP contribution in [0.5, 0.6) is 0 Å². The second-order valence-corrected chi connectivity index (χ2v) is 5.45. The lowest BCUT2D eigenvalue weighted by Crippen LogP contribution is -2.35. The molecule has 3 atom stereocenters. The molecule has 0 bridgehead atoms. The van der Waals surface area contributed by atoms with Crippen LogP contribution in [0.3, 0.4) is 0 Å². The van der Waals surface area contributed by atoms with Gasteiger partial charge in [-0.25, -0.2) is 0 Å². The summed E-state index contributed by atoms with van der Waals surface area (Å²) in [6.07, 6.45) is 3.77. The zero-order chi connectivity index (χ0) is 11.4. The van der Waals surface area contributed by atoms with E-state index in [0.717, 1.165) is 6.42 Å². The topological polar surface area (TPSA) is 26.3 Å². The van der Waals surface area contributed by atoms with Gasteiger partial charge in [-0.05, 0) is 42.2 Å². The van der Waals surface area contributed by atoms with Crippen molar-refractivity contribution in [1.29, 1.82) is 0 Å². The van der Waals surface area contributed by atoms with Crippen molar-refractivity contribution in [3.63, 3.8) is 0 Å². The molecule has 0 N–H and O–H groups in total. The van der Waals surface area contributed by atoms with E-state index in [2.05, 4.69) is 20.8 Å². The predicted octanol–water partition coefficient (Wildman–Crippen LogP) is 3.23. The van der Waals surface area contributed by atoms with Crippen molar-refractivity contribution in [3.05, 3.63) is 0 Å². The van der Waals surface area contributed by atoms with Gasteiger partial charge in [0, 0.05) is 0 Å². The van der Waals surface area contributed by atoms with Gasteiger partial charge in [-0.2, -0.15) is 0 Å². The van der Waals surface area contributed by atoms with Crippen LogP contribution in [-0.4, -0.2) is 18.0 Å². The van der Waals surface area contributed by atoms with Gasteiger partial charge in [0.1, 0.15) is 6.61 Å². The fourth-order valence-electron chi connectivity index (χ4n) is 2.48. The molecule has 0 aliphatic heterocycles. The lowest BCUT2D eigenvalue weighted by atomic mass is 9.75. The molecule has 1 rings (SSSR count). The van der Waals surface area contributed by atoms with Crippen molar-refractivity contribution in [2.24, 2.45) is 17.8 Å². The van der Waals surface area contributed by atoms with E-state index in [1.165, 1.54) is 12.8 Å². The lowest BCUT2D eigenvalue weighted by Gasteiger charge is -2.36. The second kappa shape index (κ2) is 5.86. The SMILES string of the molecule is CC1CCC(C(C)C)C(OCC(=O)Cl)C1. The number of carbonyl (C=O) groups is 1. The van der Waals surface area contributed by atoms with Crippen LogP contribution in [0, 0.1) is 17.8 Å². The smallest absolute Gasteiger partial charge is 0.247 e. The summed E-state index contributed by atoms with van der Waals surface area (Å²) >= 11 is 5.30. The third-order valence-corrected chi connectivity index (χ3v) is 3.48. The average Bonchev–Trinajstić information content (AvgIpc) is 2.14. The maximum absolute atomic E-state index is 10.7. The third kappa shape index (κ3) is 4.12. The Hall–Kier alpha value is -0.0800. The molecule has 1 saturated carbocycles. The Morgan fingerprint density at radius 1 is 1.47 bits per heavy atom. The Bertz CT molecular complexity index is 216. The highest BCUT2D eigenvalue weighted by Crippen LogP contribution is 2.35. The summed E-state index contributed by atoms with van der Waals surface area (Å²) in [4.78, 5) is 10.7. The van der Waals surface area contributed by atoms with Gasteiger partial charge in [0.05, 0.1) is 6.10 Å². The van der Waals surface area contributed by atoms with Gasteiger partial charge in [0.2, 0.25) is 5.24 Å². The molecule has 0 saturated heterocycles. The van der Waals surface area contributed by atoms with Crippen LogP contribution < -0.4 is 0 Å². The maximum Gasteiger partial charge on any atom is 0.247 e. The molecule has 0 spiro atoms. The first kappa shape index (κ1) is 13.0. The van der Waals surface area contributed by atoms with Crippen LogP contribution in [0.25, 0.3) is 0 Å². The first-order chi connectivity index (χ1) is 7.00. The molecule has 0 heterocycles. The highest BCUT2D eigenvalue weighted by molar-refractivity contribution is 6.63. The average molecular weight is 233 g/mol. The van der Waals surface area contributed by atoms with Crippen LogP contribution in [0.2, 0.25) is 0 Å². The van der Waals surface area contributed by atoms with Crippen LogP contribution >= 0.6 is 11.6 Å². The summed E-state index contributed by atoms with van der Waals surface area (Å²) in [6.45, 7) is 6.75. The Morgan fingerprint density at radius 3 is 2.67 bits per heavy atom. The fraction of sp³-hybridized carbons (Fsp3) is 0.917. The molecule has 3 heteroatoms. The predicted molar refractivity (Wildman–Crippen MR) is 61.9 cm³/mol. The van der Waals surface area contributed by atoms with E-state index in [9.17, 15) is 4.79 Å². The molecular formula is C12H21ClO2. The zero-order valence-electron chi connectivity index (χ0n) is 9.83. The summed E-state index contributed by atoms with van der Waals surface area (Å²) in [6, 6.07) is 0. The van der Waals surface area contributed by atoms with Crippen molar-refractivity contribution >= 4 is 16.8 Å². The largest absolute Gasteiger partial charge is 0.369 e. The minimum absolute atomic E-state index is 0.0577. The normalized spacial score (nSPS) is 31.9. The minimum atomic E-state index is -0.393. The Morgan fingerprint density at radius 2 is 2.13 bits per heavy atom. The maximum atomic E-state index is 10.7. The molecule has 3 unspecified atom stereocenters. The standard InChI is InChI=1S/C12H21ClO2/c1-8(2)10-5-4-9(3)6-11(10)15-7-12(13)14/h8-11H,4-7H2,1-3H3. The van der Waals surface area contributed by atoms with E-state index in [1.807, 2.05) is 0 Å². The number of carbonyl (C=O) groups excluding carboxylic acids is 1. The molecule has 0 aromatic heterocycles. The van der Waals surface area contributed by atoms with Crippen LogP contribution in [0.1, 0.15) is 40.0 Å². The van der Waals surface area contributed by atoms with Crippen molar-refractivity contribution in [2.45, 2.75) is 46.1 Å². The van der Waals surface area contributed by atoms with E-state index in [4.69, 9.17) is 16.3 Å². The third-order valence-electron chi connectivity index (χ3n) is 3.37. The highest BCUT2D eigenvalue weighted by Gasteiger charge is 2.31. The Labute approximate surface area is 97.3 Å². The molecule has 0 aromatic carbocycles. The van der Waals surface area contributed by atoms with Gasteiger partial charge >= 0.3 is 0 Å². The van der Waals surface area contributed by atoms with E-state index in [-0.39, 0.29) is 12.7 Å². The van der Waals surface area contributed by atoms with E-state index < -0.39 is 5.24 Å². The number of ether oxygens (including phenoxy) is 1. The molecule has 2 nitrogen and oxygen atoms in total. The number of rotatable bonds is 4. The van der Waals surface area contributed by atoms with Gasteiger partial charge in [0.15, 0.2) is 0 Å². The van der Waals surface area contributed by atoms with E-state index in [1.54, 1.807) is 0 Å². The summed E-state index contributed by atoms with van der Waals surface area (Å²) < 4.78 is 5.61. The van der Waals surface area contributed by atoms with Gasteiger partial charge in [0.25, 0.3) is 0 Å². The molecule has 15 heavy (non-hydrogen) atoms. The van der Waals surface area contributed by atoms with E-state index in [0.29, 0.717) is 17.8 Å². The molecule has 0 radical (unpaired) electrons. The zero-order valence-corrected chi connectivity index (χ0v) is 10.6. The summed E-state index contributed by atoms with van der Waals surface area (Å²) in [5.74, 6) is 1.90. The van der Waals surface area contributed by atoms with Gasteiger partial charge in [-0.15, -0.1) is 0 Å². The minimum Gasteiger partial charge on any atom is -0.369 e. The van der Waals surface area contributed by atoms with Crippen LogP contribution in [0.4, 0.5) is 0 Å². The van der Waals surface area contributed by atoms with Gasteiger partial charge < -0.3 is 4.74 Å². The van der Waals surface area contributed by atoms with Crippen molar-refractivity contribution in [3.8, 4) is 0 Å². The highest BCUT2D eigenvalue weighted by atomic mass is 35.5. The van der Waals surface area contributed by atoms with Crippen LogP contribution in [-0.2, 0) is 9.53 Å². The quantitative estimate of drug-likeness (QED) is 0.696. The van der Waals surface area contributed by atoms with Gasteiger partial charge in [-0.1, -0.05) is 27.2 Å². The number of hydrogen-bond donors (Lipinski definition) is 0. The second-order valence-electron chi connectivity index (χ2n) is 5.03. The molecule has 1 aliphatic rings. The Balaban J connectivity index is 2.50. The fourth-order valence-corrected chi connectivity index (χ4v) is 2.54. The molecule has 1 aliphatic carbocycles. The Kier molecular flexibility index (Phi) is 5.07. The molecule has 88 valence electrons. The van der Waals surface area contributed by atoms with Gasteiger partial charge in [-0.3, -0.25) is 4.79 Å². The molecule has 0 amide bonds. The van der Waals surface area contributed by atoms with Crippen LogP contribution in [0.15, 0.2) is 0 Å². The molecule has 1 fully saturated rings. The number of hydrogen-bond acceptors (Lipinski definition) is 2. The lowest BCUT2D eigenvalue weighted by molar-refractivity contribution is -0.121. The van der Waals surface area contributed by atoms with Crippen molar-refractivity contribution in [1.82, 2.24) is 0 Å². The van der Waals surface area contributed by atoms with E-state index >= 15 is 0 Å². The first-order valence-electron chi connectivity index (χ1n) is 5.80.